The maximum atomic E-state index is 12.0. The molecule has 1 unspecified atom stereocenters. The fourth-order valence-corrected chi connectivity index (χ4v) is 2.92. The van der Waals surface area contributed by atoms with Crippen LogP contribution >= 0.6 is 11.6 Å². The van der Waals surface area contributed by atoms with E-state index in [0.29, 0.717) is 10.7 Å². The molecule has 4 nitrogen and oxygen atoms in total. The van der Waals surface area contributed by atoms with Crippen LogP contribution < -0.4 is 15.4 Å². The molecule has 1 aliphatic heterocycles. The Balaban J connectivity index is 1.54. The lowest BCUT2D eigenvalue weighted by Gasteiger charge is -2.15. The van der Waals surface area contributed by atoms with Gasteiger partial charge in [0.1, 0.15) is 5.75 Å². The van der Waals surface area contributed by atoms with E-state index in [1.165, 1.54) is 11.1 Å². The lowest BCUT2D eigenvalue weighted by molar-refractivity contribution is 0.249. The lowest BCUT2D eigenvalue weighted by atomic mass is 10.0. The number of carbonyl (C=O) groups excluding carboxylic acids is 1. The standard InChI is InChI=1S/C18H19ClN2O2/c1-12(9-13-5-6-17-14(10-13)7-8-23-17)20-18(22)21-16-4-2-3-15(19)11-16/h2-6,10-12H,7-9H2,1H3,(H2,20,21,22). The summed E-state index contributed by atoms with van der Waals surface area (Å²) in [5.74, 6) is 0.980. The van der Waals surface area contributed by atoms with Crippen molar-refractivity contribution in [3.63, 3.8) is 0 Å². The van der Waals surface area contributed by atoms with Gasteiger partial charge in [0.2, 0.25) is 0 Å². The number of urea groups is 1. The molecule has 0 saturated carbocycles. The molecule has 2 N–H and O–H groups in total. The monoisotopic (exact) mass is 330 g/mol. The molecule has 3 rings (SSSR count). The van der Waals surface area contributed by atoms with Gasteiger partial charge in [-0.1, -0.05) is 29.8 Å². The topological polar surface area (TPSA) is 50.4 Å². The van der Waals surface area contributed by atoms with E-state index in [1.807, 2.05) is 13.0 Å². The molecule has 5 heteroatoms. The summed E-state index contributed by atoms with van der Waals surface area (Å²) in [5, 5.41) is 6.32. The van der Waals surface area contributed by atoms with Gasteiger partial charge in [-0.2, -0.15) is 0 Å². The predicted molar refractivity (Wildman–Crippen MR) is 92.4 cm³/mol. The number of ether oxygens (including phenoxy) is 1. The first-order valence-corrected chi connectivity index (χ1v) is 8.05. The van der Waals surface area contributed by atoms with Crippen molar-refractivity contribution in [2.45, 2.75) is 25.8 Å². The Morgan fingerprint density at radius 2 is 2.17 bits per heavy atom. The van der Waals surface area contributed by atoms with Crippen LogP contribution in [0.3, 0.4) is 0 Å². The van der Waals surface area contributed by atoms with Crippen molar-refractivity contribution >= 4 is 23.3 Å². The highest BCUT2D eigenvalue weighted by Crippen LogP contribution is 2.26. The van der Waals surface area contributed by atoms with Crippen LogP contribution in [-0.4, -0.2) is 18.7 Å². The van der Waals surface area contributed by atoms with E-state index in [1.54, 1.807) is 24.3 Å². The van der Waals surface area contributed by atoms with Crippen molar-refractivity contribution in [3.05, 3.63) is 58.6 Å². The molecule has 23 heavy (non-hydrogen) atoms. The van der Waals surface area contributed by atoms with Gasteiger partial charge in [-0.05, 0) is 48.7 Å². The van der Waals surface area contributed by atoms with E-state index in [9.17, 15) is 4.79 Å². The molecule has 0 fully saturated rings. The maximum Gasteiger partial charge on any atom is 0.319 e. The molecule has 0 radical (unpaired) electrons. The second-order valence-electron chi connectivity index (χ2n) is 5.75. The average Bonchev–Trinajstić information content (AvgIpc) is 2.94. The van der Waals surface area contributed by atoms with Gasteiger partial charge >= 0.3 is 6.03 Å². The molecular weight excluding hydrogens is 312 g/mol. The molecule has 0 aliphatic carbocycles. The van der Waals surface area contributed by atoms with Crippen LogP contribution in [0, 0.1) is 0 Å². The van der Waals surface area contributed by atoms with Gasteiger partial charge in [0.15, 0.2) is 0 Å². The molecule has 1 aliphatic rings. The Labute approximate surface area is 140 Å². The minimum atomic E-state index is -0.232. The Morgan fingerprint density at radius 1 is 1.30 bits per heavy atom. The van der Waals surface area contributed by atoms with Crippen LogP contribution in [0.15, 0.2) is 42.5 Å². The molecule has 2 aromatic rings. The third-order valence-electron chi connectivity index (χ3n) is 3.76. The van der Waals surface area contributed by atoms with E-state index < -0.39 is 0 Å². The Hall–Kier alpha value is -2.20. The van der Waals surface area contributed by atoms with Crippen molar-refractivity contribution < 1.29 is 9.53 Å². The van der Waals surface area contributed by atoms with E-state index in [4.69, 9.17) is 16.3 Å². The third-order valence-corrected chi connectivity index (χ3v) is 3.99. The normalized spacial score (nSPS) is 13.8. The number of carbonyl (C=O) groups is 1. The van der Waals surface area contributed by atoms with Crippen molar-refractivity contribution in [2.75, 3.05) is 11.9 Å². The Bertz CT molecular complexity index is 718. The van der Waals surface area contributed by atoms with Crippen LogP contribution in [0.4, 0.5) is 10.5 Å². The smallest absolute Gasteiger partial charge is 0.319 e. The summed E-state index contributed by atoms with van der Waals surface area (Å²) < 4.78 is 5.51. The van der Waals surface area contributed by atoms with E-state index in [2.05, 4.69) is 22.8 Å². The summed E-state index contributed by atoms with van der Waals surface area (Å²) in [4.78, 5) is 12.0. The van der Waals surface area contributed by atoms with Crippen LogP contribution in [0.1, 0.15) is 18.1 Å². The molecule has 0 bridgehead atoms. The fraction of sp³-hybridized carbons (Fsp3) is 0.278. The minimum absolute atomic E-state index is 0.0227. The van der Waals surface area contributed by atoms with Gasteiger partial charge in [-0.3, -0.25) is 0 Å². The summed E-state index contributed by atoms with van der Waals surface area (Å²) in [6, 6.07) is 13.1. The summed E-state index contributed by atoms with van der Waals surface area (Å²) in [6.07, 6.45) is 1.73. The van der Waals surface area contributed by atoms with Crippen LogP contribution in [0.5, 0.6) is 5.75 Å². The number of amides is 2. The number of rotatable bonds is 4. The lowest BCUT2D eigenvalue weighted by Crippen LogP contribution is -2.37. The molecule has 1 atom stereocenters. The second-order valence-corrected chi connectivity index (χ2v) is 6.19. The highest BCUT2D eigenvalue weighted by Gasteiger charge is 2.14. The quantitative estimate of drug-likeness (QED) is 0.889. The largest absolute Gasteiger partial charge is 0.493 e. The van der Waals surface area contributed by atoms with Crippen LogP contribution in [0.2, 0.25) is 5.02 Å². The van der Waals surface area contributed by atoms with Gasteiger partial charge in [-0.15, -0.1) is 0 Å². The number of anilines is 1. The van der Waals surface area contributed by atoms with E-state index in [-0.39, 0.29) is 12.1 Å². The number of hydrogen-bond donors (Lipinski definition) is 2. The predicted octanol–water partition coefficient (Wildman–Crippen LogP) is 4.03. The maximum absolute atomic E-state index is 12.0. The van der Waals surface area contributed by atoms with E-state index in [0.717, 1.165) is 25.2 Å². The van der Waals surface area contributed by atoms with Gasteiger partial charge in [0.25, 0.3) is 0 Å². The molecule has 0 saturated heterocycles. The molecular formula is C18H19ClN2O2. The third kappa shape index (κ3) is 4.17. The summed E-state index contributed by atoms with van der Waals surface area (Å²) in [6.45, 7) is 2.75. The Morgan fingerprint density at radius 3 is 3.00 bits per heavy atom. The molecule has 0 spiro atoms. The fourth-order valence-electron chi connectivity index (χ4n) is 2.73. The van der Waals surface area contributed by atoms with Crippen molar-refractivity contribution in [1.82, 2.24) is 5.32 Å². The average molecular weight is 331 g/mol. The molecule has 2 aromatic carbocycles. The number of hydrogen-bond acceptors (Lipinski definition) is 2. The zero-order chi connectivity index (χ0) is 16.2. The SMILES string of the molecule is CC(Cc1ccc2c(c1)CCO2)NC(=O)Nc1cccc(Cl)c1. The van der Waals surface area contributed by atoms with Crippen molar-refractivity contribution in [1.29, 1.82) is 0 Å². The number of nitrogens with one attached hydrogen (secondary N) is 2. The molecule has 120 valence electrons. The van der Waals surface area contributed by atoms with Crippen LogP contribution in [-0.2, 0) is 12.8 Å². The zero-order valence-electron chi connectivity index (χ0n) is 12.9. The van der Waals surface area contributed by atoms with Crippen molar-refractivity contribution in [3.8, 4) is 5.75 Å². The molecule has 0 aromatic heterocycles. The van der Waals surface area contributed by atoms with Gasteiger partial charge < -0.3 is 15.4 Å². The zero-order valence-corrected chi connectivity index (χ0v) is 13.7. The summed E-state index contributed by atoms with van der Waals surface area (Å²) in [7, 11) is 0. The molecule has 2 amide bonds. The number of fused-ring (bicyclic) bond motifs is 1. The summed E-state index contributed by atoms with van der Waals surface area (Å²) in [5.41, 5.74) is 3.12. The minimum Gasteiger partial charge on any atom is -0.493 e. The van der Waals surface area contributed by atoms with Crippen molar-refractivity contribution in [2.24, 2.45) is 0 Å². The first kappa shape index (κ1) is 15.7. The second kappa shape index (κ2) is 6.92. The Kier molecular flexibility index (Phi) is 4.72. The summed E-state index contributed by atoms with van der Waals surface area (Å²) >= 11 is 5.91. The number of halogens is 1. The number of benzene rings is 2. The van der Waals surface area contributed by atoms with E-state index >= 15 is 0 Å². The highest BCUT2D eigenvalue weighted by atomic mass is 35.5. The first-order chi connectivity index (χ1) is 11.1. The highest BCUT2D eigenvalue weighted by molar-refractivity contribution is 6.30. The molecule has 1 heterocycles. The van der Waals surface area contributed by atoms with Crippen LogP contribution in [0.25, 0.3) is 0 Å². The van der Waals surface area contributed by atoms with Gasteiger partial charge in [-0.25, -0.2) is 4.79 Å². The first-order valence-electron chi connectivity index (χ1n) is 7.68. The van der Waals surface area contributed by atoms with Gasteiger partial charge in [0, 0.05) is 23.2 Å². The van der Waals surface area contributed by atoms with Gasteiger partial charge in [0.05, 0.1) is 6.61 Å².